The van der Waals surface area contributed by atoms with E-state index in [1.54, 1.807) is 25.3 Å². The van der Waals surface area contributed by atoms with Gasteiger partial charge in [0.15, 0.2) is 0 Å². The summed E-state index contributed by atoms with van der Waals surface area (Å²) in [4.78, 5) is 23.7. The molecule has 0 radical (unpaired) electrons. The van der Waals surface area contributed by atoms with Crippen molar-refractivity contribution in [1.82, 2.24) is 0 Å². The normalized spacial score (nSPS) is 10.0. The molecular weight excluding hydrogens is 318 g/mol. The Morgan fingerprint density at radius 1 is 1.09 bits per heavy atom. The first-order valence-electron chi connectivity index (χ1n) is 6.84. The molecule has 23 heavy (non-hydrogen) atoms. The van der Waals surface area contributed by atoms with Gasteiger partial charge in [-0.2, -0.15) is 0 Å². The second-order valence-electron chi connectivity index (χ2n) is 4.76. The number of benzene rings is 2. The smallest absolute Gasteiger partial charge is 0.339 e. The summed E-state index contributed by atoms with van der Waals surface area (Å²) in [5.74, 6) is -0.0239. The largest absolute Gasteiger partial charge is 0.497 e. The molecule has 0 fully saturated rings. The number of carbonyl (C=O) groups is 2. The maximum atomic E-state index is 12.1. The molecule has 5 nitrogen and oxygen atoms in total. The van der Waals surface area contributed by atoms with Crippen LogP contribution in [0.2, 0.25) is 5.02 Å². The van der Waals surface area contributed by atoms with E-state index in [1.165, 1.54) is 19.2 Å². The SMILES string of the molecule is COC(=O)c1cc(NC(=O)Cc2ccc(OC)cc2)ccc1Cl. The molecule has 0 saturated carbocycles. The number of hydrogen-bond donors (Lipinski definition) is 1. The summed E-state index contributed by atoms with van der Waals surface area (Å²) >= 11 is 5.94. The Hall–Kier alpha value is -2.53. The molecule has 6 heteroatoms. The van der Waals surface area contributed by atoms with Gasteiger partial charge in [0.1, 0.15) is 5.75 Å². The van der Waals surface area contributed by atoms with Crippen LogP contribution in [0.4, 0.5) is 5.69 Å². The third kappa shape index (κ3) is 4.47. The number of ether oxygens (including phenoxy) is 2. The Kier molecular flexibility index (Phi) is 5.60. The summed E-state index contributed by atoms with van der Waals surface area (Å²) in [6.07, 6.45) is 0.209. The quantitative estimate of drug-likeness (QED) is 0.852. The van der Waals surface area contributed by atoms with Crippen molar-refractivity contribution in [3.8, 4) is 5.75 Å². The fourth-order valence-corrected chi connectivity index (χ4v) is 2.20. The van der Waals surface area contributed by atoms with Gasteiger partial charge in [-0.05, 0) is 35.9 Å². The highest BCUT2D eigenvalue weighted by atomic mass is 35.5. The van der Waals surface area contributed by atoms with E-state index in [1.807, 2.05) is 12.1 Å². The number of nitrogens with one attached hydrogen (secondary N) is 1. The molecule has 2 aromatic carbocycles. The van der Waals surface area contributed by atoms with E-state index >= 15 is 0 Å². The van der Waals surface area contributed by atoms with Crippen LogP contribution in [0.25, 0.3) is 0 Å². The zero-order chi connectivity index (χ0) is 16.8. The van der Waals surface area contributed by atoms with Gasteiger partial charge >= 0.3 is 5.97 Å². The first kappa shape index (κ1) is 16.8. The van der Waals surface area contributed by atoms with E-state index < -0.39 is 5.97 Å². The number of hydrogen-bond acceptors (Lipinski definition) is 4. The second-order valence-corrected chi connectivity index (χ2v) is 5.17. The van der Waals surface area contributed by atoms with Crippen LogP contribution in [0.5, 0.6) is 5.75 Å². The van der Waals surface area contributed by atoms with Crippen molar-refractivity contribution >= 4 is 29.2 Å². The summed E-state index contributed by atoms with van der Waals surface area (Å²) in [5.41, 5.74) is 1.54. The van der Waals surface area contributed by atoms with Gasteiger partial charge in [0.2, 0.25) is 5.91 Å². The van der Waals surface area contributed by atoms with Gasteiger partial charge in [0, 0.05) is 5.69 Å². The van der Waals surface area contributed by atoms with Gasteiger partial charge in [-0.3, -0.25) is 4.79 Å². The number of amides is 1. The Balaban J connectivity index is 2.06. The highest BCUT2D eigenvalue weighted by Crippen LogP contribution is 2.21. The lowest BCUT2D eigenvalue weighted by atomic mass is 10.1. The Bertz CT molecular complexity index is 713. The van der Waals surface area contributed by atoms with Gasteiger partial charge in [-0.1, -0.05) is 23.7 Å². The first-order valence-corrected chi connectivity index (χ1v) is 7.22. The number of carbonyl (C=O) groups excluding carboxylic acids is 2. The summed E-state index contributed by atoms with van der Waals surface area (Å²) in [7, 11) is 2.86. The number of esters is 1. The van der Waals surface area contributed by atoms with Crippen molar-refractivity contribution < 1.29 is 19.1 Å². The lowest BCUT2D eigenvalue weighted by molar-refractivity contribution is -0.115. The third-order valence-corrected chi connectivity index (χ3v) is 3.51. The Morgan fingerprint density at radius 2 is 1.78 bits per heavy atom. The minimum Gasteiger partial charge on any atom is -0.497 e. The molecule has 0 atom stereocenters. The van der Waals surface area contributed by atoms with Crippen LogP contribution < -0.4 is 10.1 Å². The van der Waals surface area contributed by atoms with Gasteiger partial charge in [-0.15, -0.1) is 0 Å². The van der Waals surface area contributed by atoms with Crippen LogP contribution in [-0.2, 0) is 16.0 Å². The van der Waals surface area contributed by atoms with Crippen LogP contribution in [-0.4, -0.2) is 26.1 Å². The molecule has 2 rings (SSSR count). The van der Waals surface area contributed by atoms with Crippen LogP contribution in [0, 0.1) is 0 Å². The van der Waals surface area contributed by atoms with Gasteiger partial charge in [0.25, 0.3) is 0 Å². The molecule has 120 valence electrons. The van der Waals surface area contributed by atoms with Gasteiger partial charge in [0.05, 0.1) is 31.2 Å². The molecule has 0 aliphatic heterocycles. The van der Waals surface area contributed by atoms with E-state index in [4.69, 9.17) is 16.3 Å². The lowest BCUT2D eigenvalue weighted by Crippen LogP contribution is -2.15. The summed E-state index contributed by atoms with van der Waals surface area (Å²) < 4.78 is 9.72. The van der Waals surface area contributed by atoms with E-state index in [0.29, 0.717) is 5.69 Å². The predicted octanol–water partition coefficient (Wildman–Crippen LogP) is 3.32. The van der Waals surface area contributed by atoms with Gasteiger partial charge in [-0.25, -0.2) is 4.79 Å². The molecule has 1 N–H and O–H groups in total. The standard InChI is InChI=1S/C17H16ClNO4/c1-22-13-6-3-11(4-7-13)9-16(20)19-12-5-8-15(18)14(10-12)17(21)23-2/h3-8,10H,9H2,1-2H3,(H,19,20). The van der Waals surface area contributed by atoms with Crippen LogP contribution >= 0.6 is 11.6 Å². The molecule has 0 bridgehead atoms. The summed E-state index contributed by atoms with van der Waals surface area (Å²) in [6, 6.07) is 11.9. The Labute approximate surface area is 139 Å². The van der Waals surface area contributed by atoms with Crippen molar-refractivity contribution in [2.45, 2.75) is 6.42 Å². The molecule has 0 unspecified atom stereocenters. The molecule has 0 spiro atoms. The number of rotatable bonds is 5. The maximum Gasteiger partial charge on any atom is 0.339 e. The minimum atomic E-state index is -0.554. The lowest BCUT2D eigenvalue weighted by Gasteiger charge is -2.08. The maximum absolute atomic E-state index is 12.1. The van der Waals surface area contributed by atoms with Crippen LogP contribution in [0.1, 0.15) is 15.9 Å². The first-order chi connectivity index (χ1) is 11.0. The number of methoxy groups -OCH3 is 2. The summed E-state index contributed by atoms with van der Waals surface area (Å²) in [5, 5.41) is 3.00. The molecule has 0 saturated heterocycles. The minimum absolute atomic E-state index is 0.201. The van der Waals surface area contributed by atoms with Gasteiger partial charge < -0.3 is 14.8 Å². The van der Waals surface area contributed by atoms with Crippen LogP contribution in [0.15, 0.2) is 42.5 Å². The fourth-order valence-electron chi connectivity index (χ4n) is 2.00. The molecule has 0 heterocycles. The molecule has 0 aliphatic rings. The van der Waals surface area contributed by atoms with Crippen molar-refractivity contribution in [2.75, 3.05) is 19.5 Å². The topological polar surface area (TPSA) is 64.6 Å². The monoisotopic (exact) mass is 333 g/mol. The highest BCUT2D eigenvalue weighted by molar-refractivity contribution is 6.33. The Morgan fingerprint density at radius 3 is 2.39 bits per heavy atom. The number of anilines is 1. The average molecular weight is 334 g/mol. The second kappa shape index (κ2) is 7.65. The highest BCUT2D eigenvalue weighted by Gasteiger charge is 2.12. The predicted molar refractivity (Wildman–Crippen MR) is 88.1 cm³/mol. The van der Waals surface area contributed by atoms with Crippen molar-refractivity contribution in [2.24, 2.45) is 0 Å². The zero-order valence-corrected chi connectivity index (χ0v) is 13.5. The van der Waals surface area contributed by atoms with E-state index in [9.17, 15) is 9.59 Å². The molecule has 2 aromatic rings. The van der Waals surface area contributed by atoms with Crippen molar-refractivity contribution in [3.05, 3.63) is 58.6 Å². The van der Waals surface area contributed by atoms with Crippen molar-refractivity contribution in [3.63, 3.8) is 0 Å². The molecule has 1 amide bonds. The molecular formula is C17H16ClNO4. The van der Waals surface area contributed by atoms with Crippen LogP contribution in [0.3, 0.4) is 0 Å². The van der Waals surface area contributed by atoms with E-state index in [-0.39, 0.29) is 22.9 Å². The molecule has 0 aromatic heterocycles. The number of halogens is 1. The van der Waals surface area contributed by atoms with E-state index in [0.717, 1.165) is 11.3 Å². The van der Waals surface area contributed by atoms with Crippen molar-refractivity contribution in [1.29, 1.82) is 0 Å². The average Bonchev–Trinajstić information content (AvgIpc) is 2.56. The van der Waals surface area contributed by atoms with E-state index in [2.05, 4.69) is 10.1 Å². The molecule has 0 aliphatic carbocycles. The zero-order valence-electron chi connectivity index (χ0n) is 12.8. The summed E-state index contributed by atoms with van der Waals surface area (Å²) in [6.45, 7) is 0. The third-order valence-electron chi connectivity index (χ3n) is 3.18. The fraction of sp³-hybridized carbons (Fsp3) is 0.176.